The van der Waals surface area contributed by atoms with E-state index >= 15 is 0 Å². The van der Waals surface area contributed by atoms with Gasteiger partial charge in [-0.2, -0.15) is 0 Å². The number of carbonyl (C=O) groups excluding carboxylic acids is 2. The molecular formula is C24H26N6O3S. The van der Waals surface area contributed by atoms with Gasteiger partial charge in [-0.05, 0) is 31.0 Å². The highest BCUT2D eigenvalue weighted by Crippen LogP contribution is 2.26. The van der Waals surface area contributed by atoms with Crippen molar-refractivity contribution in [3.8, 4) is 17.1 Å². The molecule has 0 fully saturated rings. The number of rotatable bonds is 11. The van der Waals surface area contributed by atoms with E-state index in [0.717, 1.165) is 41.4 Å². The number of ether oxygens (including phenoxy) is 1. The normalized spacial score (nSPS) is 11.9. The van der Waals surface area contributed by atoms with Crippen LogP contribution in [0.1, 0.15) is 53.6 Å². The van der Waals surface area contributed by atoms with Crippen LogP contribution in [0.3, 0.4) is 0 Å². The summed E-state index contributed by atoms with van der Waals surface area (Å²) in [5, 5.41) is 4.05. The van der Waals surface area contributed by atoms with Gasteiger partial charge in [-0.15, -0.1) is 11.3 Å². The smallest absolute Gasteiger partial charge is 0.263 e. The van der Waals surface area contributed by atoms with Crippen molar-refractivity contribution < 1.29 is 14.3 Å². The second kappa shape index (κ2) is 10.9. The molecule has 34 heavy (non-hydrogen) atoms. The number of nitrogens with one attached hydrogen (secondary N) is 2. The lowest BCUT2D eigenvalue weighted by Crippen LogP contribution is -2.28. The van der Waals surface area contributed by atoms with Crippen LogP contribution in [0.25, 0.3) is 22.2 Å². The standard InChI is InChI=1S/C24H26N6O3S/c1-33-22-10-8-15-11-16(7-9-17(15)28-22)19-12-27-23(29-19)18(5-3-2-4-6-21(25)31)30-24(32)20-13-26-14-34-20/h7-14,18H,2-6H2,1H3,(H2,25,31)(H,27,29)(H,30,32)/t18-/m0/s1. The number of benzene rings is 1. The third-order valence-corrected chi connectivity index (χ3v) is 6.26. The van der Waals surface area contributed by atoms with E-state index in [4.69, 9.17) is 10.5 Å². The summed E-state index contributed by atoms with van der Waals surface area (Å²) < 4.78 is 5.20. The summed E-state index contributed by atoms with van der Waals surface area (Å²) in [6.45, 7) is 0. The predicted molar refractivity (Wildman–Crippen MR) is 130 cm³/mol. The fraction of sp³-hybridized carbons (Fsp3) is 0.292. The minimum atomic E-state index is -0.302. The molecule has 0 saturated carbocycles. The molecule has 0 aliphatic heterocycles. The Balaban J connectivity index is 1.51. The Hall–Kier alpha value is -3.79. The van der Waals surface area contributed by atoms with E-state index in [2.05, 4.69) is 25.3 Å². The molecule has 176 valence electrons. The molecule has 4 rings (SSSR count). The first-order valence-electron chi connectivity index (χ1n) is 11.0. The number of thiazole rings is 1. The van der Waals surface area contributed by atoms with Crippen LogP contribution in [0.4, 0.5) is 0 Å². The summed E-state index contributed by atoms with van der Waals surface area (Å²) >= 11 is 1.29. The van der Waals surface area contributed by atoms with Crippen molar-refractivity contribution in [1.82, 2.24) is 25.3 Å². The number of hydrogen-bond donors (Lipinski definition) is 3. The first-order valence-corrected chi connectivity index (χ1v) is 11.9. The van der Waals surface area contributed by atoms with Crippen molar-refractivity contribution in [3.05, 3.63) is 58.9 Å². The fourth-order valence-corrected chi connectivity index (χ4v) is 4.23. The lowest BCUT2D eigenvalue weighted by atomic mass is 10.1. The third kappa shape index (κ3) is 5.76. The Labute approximate surface area is 200 Å². The molecule has 0 bridgehead atoms. The summed E-state index contributed by atoms with van der Waals surface area (Å²) in [6, 6.07) is 9.44. The van der Waals surface area contributed by atoms with Crippen molar-refractivity contribution in [2.75, 3.05) is 7.11 Å². The van der Waals surface area contributed by atoms with E-state index in [1.807, 2.05) is 30.3 Å². The third-order valence-electron chi connectivity index (χ3n) is 5.49. The first-order chi connectivity index (χ1) is 16.5. The maximum absolute atomic E-state index is 12.7. The summed E-state index contributed by atoms with van der Waals surface area (Å²) in [5.74, 6) is 0.762. The Morgan fingerprint density at radius 2 is 2.06 bits per heavy atom. The van der Waals surface area contributed by atoms with E-state index in [1.54, 1.807) is 25.0 Å². The van der Waals surface area contributed by atoms with Gasteiger partial charge in [0, 0.05) is 23.4 Å². The largest absolute Gasteiger partial charge is 0.481 e. The van der Waals surface area contributed by atoms with Crippen molar-refractivity contribution in [1.29, 1.82) is 0 Å². The van der Waals surface area contributed by atoms with Crippen LogP contribution in [0.15, 0.2) is 48.2 Å². The van der Waals surface area contributed by atoms with Gasteiger partial charge in [0.2, 0.25) is 11.8 Å². The molecule has 9 nitrogen and oxygen atoms in total. The molecule has 4 N–H and O–H groups in total. The minimum Gasteiger partial charge on any atom is -0.481 e. The summed E-state index contributed by atoms with van der Waals surface area (Å²) in [7, 11) is 1.59. The zero-order valence-electron chi connectivity index (χ0n) is 18.8. The van der Waals surface area contributed by atoms with E-state index in [9.17, 15) is 9.59 Å². The van der Waals surface area contributed by atoms with E-state index in [0.29, 0.717) is 29.4 Å². The Kier molecular flexibility index (Phi) is 7.48. The number of pyridine rings is 1. The minimum absolute atomic E-state index is 0.187. The zero-order valence-corrected chi connectivity index (χ0v) is 19.6. The summed E-state index contributed by atoms with van der Waals surface area (Å²) in [4.78, 5) is 40.6. The van der Waals surface area contributed by atoms with Gasteiger partial charge in [-0.1, -0.05) is 18.9 Å². The Bertz CT molecular complexity index is 1270. The van der Waals surface area contributed by atoms with Gasteiger partial charge in [0.1, 0.15) is 10.7 Å². The number of primary amides is 1. The highest BCUT2D eigenvalue weighted by molar-refractivity contribution is 7.11. The molecule has 3 aromatic heterocycles. The number of nitrogens with two attached hydrogens (primary N) is 1. The number of H-pyrrole nitrogens is 1. The molecule has 0 unspecified atom stereocenters. The number of imidazole rings is 1. The average Bonchev–Trinajstić information content (AvgIpc) is 3.55. The first kappa shape index (κ1) is 23.4. The predicted octanol–water partition coefficient (Wildman–Crippen LogP) is 4.00. The maximum atomic E-state index is 12.7. The molecular weight excluding hydrogens is 452 g/mol. The molecule has 0 spiro atoms. The molecule has 0 radical (unpaired) electrons. The van der Waals surface area contributed by atoms with Crippen molar-refractivity contribution in [2.45, 2.75) is 38.1 Å². The van der Waals surface area contributed by atoms with Crippen LogP contribution >= 0.6 is 11.3 Å². The number of aromatic nitrogens is 4. The van der Waals surface area contributed by atoms with Crippen LogP contribution in [0.2, 0.25) is 0 Å². The number of methoxy groups -OCH3 is 1. The van der Waals surface area contributed by atoms with Crippen LogP contribution < -0.4 is 15.8 Å². The molecule has 1 atom stereocenters. The highest BCUT2D eigenvalue weighted by Gasteiger charge is 2.20. The summed E-state index contributed by atoms with van der Waals surface area (Å²) in [6.07, 6.45) is 6.75. The number of unbranched alkanes of at least 4 members (excludes halogenated alkanes) is 2. The molecule has 4 aromatic rings. The van der Waals surface area contributed by atoms with Crippen LogP contribution in [-0.4, -0.2) is 38.9 Å². The van der Waals surface area contributed by atoms with Gasteiger partial charge >= 0.3 is 0 Å². The molecule has 10 heteroatoms. The maximum Gasteiger partial charge on any atom is 0.263 e. The van der Waals surface area contributed by atoms with Gasteiger partial charge < -0.3 is 20.8 Å². The summed E-state index contributed by atoms with van der Waals surface area (Å²) in [5.41, 5.74) is 9.51. The molecule has 0 saturated heterocycles. The average molecular weight is 479 g/mol. The second-order valence-corrected chi connectivity index (χ2v) is 8.79. The van der Waals surface area contributed by atoms with Crippen LogP contribution in [0.5, 0.6) is 5.88 Å². The van der Waals surface area contributed by atoms with Gasteiger partial charge in [-0.25, -0.2) is 9.97 Å². The monoisotopic (exact) mass is 478 g/mol. The fourth-order valence-electron chi connectivity index (χ4n) is 3.71. The Morgan fingerprint density at radius 1 is 1.18 bits per heavy atom. The molecule has 3 heterocycles. The van der Waals surface area contributed by atoms with Gasteiger partial charge in [0.05, 0.1) is 42.3 Å². The van der Waals surface area contributed by atoms with Gasteiger partial charge in [-0.3, -0.25) is 14.6 Å². The van der Waals surface area contributed by atoms with Crippen molar-refractivity contribution in [2.24, 2.45) is 5.73 Å². The number of aromatic amines is 1. The zero-order chi connectivity index (χ0) is 23.9. The quantitative estimate of drug-likeness (QED) is 0.279. The van der Waals surface area contributed by atoms with Crippen LogP contribution in [-0.2, 0) is 4.79 Å². The molecule has 2 amide bonds. The van der Waals surface area contributed by atoms with Crippen LogP contribution in [0, 0.1) is 0 Å². The highest BCUT2D eigenvalue weighted by atomic mass is 32.1. The van der Waals surface area contributed by atoms with Gasteiger partial charge in [0.25, 0.3) is 5.91 Å². The lowest BCUT2D eigenvalue weighted by molar-refractivity contribution is -0.118. The number of fused-ring (bicyclic) bond motifs is 1. The number of carbonyl (C=O) groups is 2. The van der Waals surface area contributed by atoms with Crippen molar-refractivity contribution >= 4 is 34.1 Å². The lowest BCUT2D eigenvalue weighted by Gasteiger charge is -2.16. The molecule has 1 aromatic carbocycles. The molecule has 0 aliphatic carbocycles. The van der Waals surface area contributed by atoms with Gasteiger partial charge in [0.15, 0.2) is 0 Å². The second-order valence-electron chi connectivity index (χ2n) is 7.90. The number of amides is 2. The number of nitrogens with zero attached hydrogens (tertiary/aromatic N) is 3. The topological polar surface area (TPSA) is 136 Å². The Morgan fingerprint density at radius 3 is 2.82 bits per heavy atom. The van der Waals surface area contributed by atoms with Crippen molar-refractivity contribution in [3.63, 3.8) is 0 Å². The van der Waals surface area contributed by atoms with E-state index < -0.39 is 0 Å². The molecule has 0 aliphatic rings. The van der Waals surface area contributed by atoms with E-state index in [1.165, 1.54) is 11.3 Å². The van der Waals surface area contributed by atoms with E-state index in [-0.39, 0.29) is 17.9 Å². The SMILES string of the molecule is COc1ccc2cc(-c3cnc([C@H](CCCCCC(N)=O)NC(=O)c4cncs4)[nH]3)ccc2n1. The number of hydrogen-bond acceptors (Lipinski definition) is 7.